The van der Waals surface area contributed by atoms with Crippen LogP contribution >= 0.6 is 0 Å². The lowest BCUT2D eigenvalue weighted by molar-refractivity contribution is 0.635. The SMILES string of the molecule is CCn1nc(C)c(N)c1N(C)CCCc1ccccc1. The Morgan fingerprint density at radius 1 is 1.25 bits per heavy atom. The van der Waals surface area contributed by atoms with E-state index in [1.807, 2.05) is 11.6 Å². The van der Waals surface area contributed by atoms with Gasteiger partial charge in [0.05, 0.1) is 11.4 Å². The van der Waals surface area contributed by atoms with Crippen molar-refractivity contribution in [3.05, 3.63) is 41.6 Å². The lowest BCUT2D eigenvalue weighted by atomic mass is 10.1. The molecule has 1 heterocycles. The van der Waals surface area contributed by atoms with Crippen molar-refractivity contribution < 1.29 is 0 Å². The fourth-order valence-corrected chi connectivity index (χ4v) is 2.48. The Labute approximate surface area is 121 Å². The summed E-state index contributed by atoms with van der Waals surface area (Å²) in [6.07, 6.45) is 2.19. The Balaban J connectivity index is 1.97. The van der Waals surface area contributed by atoms with Crippen LogP contribution in [0.5, 0.6) is 0 Å². The van der Waals surface area contributed by atoms with Gasteiger partial charge in [0.15, 0.2) is 0 Å². The van der Waals surface area contributed by atoms with E-state index in [-0.39, 0.29) is 0 Å². The van der Waals surface area contributed by atoms with Gasteiger partial charge in [-0.3, -0.25) is 0 Å². The maximum Gasteiger partial charge on any atom is 0.150 e. The molecule has 0 aliphatic carbocycles. The standard InChI is InChI=1S/C16H24N4/c1-4-20-16(15(17)13(2)18-20)19(3)12-8-11-14-9-6-5-7-10-14/h5-7,9-10H,4,8,11-12,17H2,1-3H3. The average molecular weight is 272 g/mol. The molecular weight excluding hydrogens is 248 g/mol. The zero-order valence-corrected chi connectivity index (χ0v) is 12.6. The highest BCUT2D eigenvalue weighted by molar-refractivity contribution is 5.65. The van der Waals surface area contributed by atoms with Crippen LogP contribution in [-0.2, 0) is 13.0 Å². The minimum atomic E-state index is 0.800. The van der Waals surface area contributed by atoms with Crippen LogP contribution in [0.2, 0.25) is 0 Å². The van der Waals surface area contributed by atoms with Crippen molar-refractivity contribution in [2.75, 3.05) is 24.2 Å². The molecule has 0 amide bonds. The van der Waals surface area contributed by atoms with Crippen LogP contribution in [0.3, 0.4) is 0 Å². The van der Waals surface area contributed by atoms with Gasteiger partial charge in [0.25, 0.3) is 0 Å². The molecule has 0 fully saturated rings. The summed E-state index contributed by atoms with van der Waals surface area (Å²) in [6, 6.07) is 10.6. The number of aryl methyl sites for hydroxylation is 3. The number of nitrogens with two attached hydrogens (primary N) is 1. The van der Waals surface area contributed by atoms with Crippen LogP contribution < -0.4 is 10.6 Å². The summed E-state index contributed by atoms with van der Waals surface area (Å²) >= 11 is 0. The van der Waals surface area contributed by atoms with Gasteiger partial charge >= 0.3 is 0 Å². The van der Waals surface area contributed by atoms with Gasteiger partial charge in [0, 0.05) is 20.1 Å². The Hall–Kier alpha value is -1.97. The number of hydrogen-bond donors (Lipinski definition) is 1. The van der Waals surface area contributed by atoms with E-state index >= 15 is 0 Å². The van der Waals surface area contributed by atoms with E-state index in [4.69, 9.17) is 5.73 Å². The van der Waals surface area contributed by atoms with E-state index in [9.17, 15) is 0 Å². The van der Waals surface area contributed by atoms with Gasteiger partial charge in [-0.25, -0.2) is 4.68 Å². The predicted octanol–water partition coefficient (Wildman–Crippen LogP) is 2.86. The van der Waals surface area contributed by atoms with Crippen molar-refractivity contribution >= 4 is 11.5 Å². The smallest absolute Gasteiger partial charge is 0.150 e. The number of benzene rings is 1. The van der Waals surface area contributed by atoms with E-state index in [0.717, 1.165) is 43.1 Å². The summed E-state index contributed by atoms with van der Waals surface area (Å²) in [5.74, 6) is 1.04. The molecule has 0 aliphatic heterocycles. The summed E-state index contributed by atoms with van der Waals surface area (Å²) < 4.78 is 1.98. The predicted molar refractivity (Wildman–Crippen MR) is 85.1 cm³/mol. The summed E-state index contributed by atoms with van der Waals surface area (Å²) in [7, 11) is 2.09. The highest BCUT2D eigenvalue weighted by atomic mass is 15.4. The van der Waals surface area contributed by atoms with Crippen LogP contribution in [0.1, 0.15) is 24.6 Å². The number of hydrogen-bond acceptors (Lipinski definition) is 3. The Morgan fingerprint density at radius 3 is 2.60 bits per heavy atom. The van der Waals surface area contributed by atoms with E-state index < -0.39 is 0 Å². The molecule has 0 saturated heterocycles. The molecule has 1 aromatic carbocycles. The van der Waals surface area contributed by atoms with Gasteiger partial charge in [-0.15, -0.1) is 0 Å². The third-order valence-corrected chi connectivity index (χ3v) is 3.61. The maximum absolute atomic E-state index is 6.14. The molecule has 0 saturated carbocycles. The molecule has 2 aromatic rings. The topological polar surface area (TPSA) is 47.1 Å². The van der Waals surface area contributed by atoms with Gasteiger partial charge in [-0.05, 0) is 32.3 Å². The highest BCUT2D eigenvalue weighted by Gasteiger charge is 2.15. The molecule has 0 aliphatic rings. The summed E-state index contributed by atoms with van der Waals surface area (Å²) in [6.45, 7) is 5.87. The third kappa shape index (κ3) is 3.13. The average Bonchev–Trinajstić information content (AvgIpc) is 2.75. The Kier molecular flexibility index (Phi) is 4.66. The second kappa shape index (κ2) is 6.46. The number of aromatic nitrogens is 2. The Bertz CT molecular complexity index is 545. The number of nitrogen functional groups attached to an aromatic ring is 1. The van der Waals surface area contributed by atoms with Gasteiger partial charge in [-0.1, -0.05) is 30.3 Å². The zero-order chi connectivity index (χ0) is 14.5. The highest BCUT2D eigenvalue weighted by Crippen LogP contribution is 2.25. The fourth-order valence-electron chi connectivity index (χ4n) is 2.48. The second-order valence-corrected chi connectivity index (χ2v) is 5.15. The quantitative estimate of drug-likeness (QED) is 0.879. The van der Waals surface area contributed by atoms with E-state index in [0.29, 0.717) is 0 Å². The fraction of sp³-hybridized carbons (Fsp3) is 0.438. The largest absolute Gasteiger partial charge is 0.394 e. The molecular formula is C16H24N4. The summed E-state index contributed by atoms with van der Waals surface area (Å²) in [4.78, 5) is 2.21. The van der Waals surface area contributed by atoms with Crippen molar-refractivity contribution in [1.29, 1.82) is 0 Å². The van der Waals surface area contributed by atoms with Crippen molar-refractivity contribution in [3.63, 3.8) is 0 Å². The normalized spacial score (nSPS) is 10.8. The van der Waals surface area contributed by atoms with E-state index in [2.05, 4.69) is 54.3 Å². The van der Waals surface area contributed by atoms with Gasteiger partial charge in [0.1, 0.15) is 5.82 Å². The number of rotatable bonds is 6. The summed E-state index contributed by atoms with van der Waals surface area (Å²) in [5.41, 5.74) is 9.23. The molecule has 20 heavy (non-hydrogen) atoms. The third-order valence-electron chi connectivity index (χ3n) is 3.61. The first-order valence-corrected chi connectivity index (χ1v) is 7.21. The molecule has 0 atom stereocenters. The van der Waals surface area contributed by atoms with Crippen LogP contribution in [0.4, 0.5) is 11.5 Å². The van der Waals surface area contributed by atoms with Gasteiger partial charge < -0.3 is 10.6 Å². The maximum atomic E-state index is 6.14. The number of anilines is 2. The first-order valence-electron chi connectivity index (χ1n) is 7.21. The minimum Gasteiger partial charge on any atom is -0.394 e. The lowest BCUT2D eigenvalue weighted by Gasteiger charge is -2.20. The van der Waals surface area contributed by atoms with Gasteiger partial charge in [-0.2, -0.15) is 5.10 Å². The molecule has 0 bridgehead atoms. The van der Waals surface area contributed by atoms with Crippen molar-refractivity contribution in [2.24, 2.45) is 0 Å². The van der Waals surface area contributed by atoms with E-state index in [1.54, 1.807) is 0 Å². The van der Waals surface area contributed by atoms with Crippen LogP contribution in [0.15, 0.2) is 30.3 Å². The zero-order valence-electron chi connectivity index (χ0n) is 12.6. The second-order valence-electron chi connectivity index (χ2n) is 5.15. The Morgan fingerprint density at radius 2 is 1.95 bits per heavy atom. The van der Waals surface area contributed by atoms with Crippen molar-refractivity contribution in [2.45, 2.75) is 33.2 Å². The first-order chi connectivity index (χ1) is 9.63. The van der Waals surface area contributed by atoms with Crippen LogP contribution in [-0.4, -0.2) is 23.4 Å². The molecule has 4 heteroatoms. The van der Waals surface area contributed by atoms with Crippen LogP contribution in [0, 0.1) is 6.92 Å². The summed E-state index contributed by atoms with van der Waals surface area (Å²) in [5, 5.41) is 4.47. The van der Waals surface area contributed by atoms with Crippen molar-refractivity contribution in [3.8, 4) is 0 Å². The minimum absolute atomic E-state index is 0.800. The molecule has 0 unspecified atom stereocenters. The molecule has 0 spiro atoms. The molecule has 2 rings (SSSR count). The first kappa shape index (κ1) is 14.4. The molecule has 0 radical (unpaired) electrons. The van der Waals surface area contributed by atoms with E-state index in [1.165, 1.54) is 5.56 Å². The molecule has 4 nitrogen and oxygen atoms in total. The van der Waals surface area contributed by atoms with Crippen molar-refractivity contribution in [1.82, 2.24) is 9.78 Å². The monoisotopic (exact) mass is 272 g/mol. The molecule has 1 aromatic heterocycles. The molecule has 2 N–H and O–H groups in total. The van der Waals surface area contributed by atoms with Gasteiger partial charge in [0.2, 0.25) is 0 Å². The van der Waals surface area contributed by atoms with Crippen LogP contribution in [0.25, 0.3) is 0 Å². The lowest BCUT2D eigenvalue weighted by Crippen LogP contribution is -2.23. The molecule has 108 valence electrons. The number of nitrogens with zero attached hydrogens (tertiary/aromatic N) is 3.